The van der Waals surface area contributed by atoms with Crippen LogP contribution in [-0.4, -0.2) is 21.0 Å². The number of halogens is 3. The summed E-state index contributed by atoms with van der Waals surface area (Å²) in [6.45, 7) is 0. The van der Waals surface area contributed by atoms with Crippen molar-refractivity contribution in [2.24, 2.45) is 0 Å². The van der Waals surface area contributed by atoms with Gasteiger partial charge in [-0.15, -0.1) is 0 Å². The maximum absolute atomic E-state index is 13.5. The molecule has 1 amide bonds. The number of anilines is 1. The second-order valence-electron chi connectivity index (χ2n) is 7.90. The van der Waals surface area contributed by atoms with Crippen molar-refractivity contribution in [3.05, 3.63) is 114 Å². The smallest absolute Gasteiger partial charge is 0.233 e. The van der Waals surface area contributed by atoms with Gasteiger partial charge in [0.25, 0.3) is 0 Å². The van der Waals surface area contributed by atoms with Gasteiger partial charge >= 0.3 is 0 Å². The van der Waals surface area contributed by atoms with Gasteiger partial charge in [-0.1, -0.05) is 126 Å². The molecule has 0 heterocycles. The lowest BCUT2D eigenvalue weighted by atomic mass is 9.90. The number of nitrogens with one attached hydrogen (secondary N) is 3. The highest BCUT2D eigenvalue weighted by Crippen LogP contribution is 2.31. The Morgan fingerprint density at radius 1 is 0.714 bits per heavy atom. The highest BCUT2D eigenvalue weighted by molar-refractivity contribution is 7.80. The van der Waals surface area contributed by atoms with Crippen molar-refractivity contribution in [3.63, 3.8) is 0 Å². The van der Waals surface area contributed by atoms with E-state index in [2.05, 4.69) is 16.0 Å². The SMILES string of the molecule is O=C(NC(NC(=S)Nc1ccc2ccccc2c1)C(Cl)(Cl)Cl)C(c1ccccc1)c1ccccc1. The third kappa shape index (κ3) is 6.65. The topological polar surface area (TPSA) is 53.2 Å². The molecule has 0 radical (unpaired) electrons. The molecule has 35 heavy (non-hydrogen) atoms. The van der Waals surface area contributed by atoms with Gasteiger partial charge in [0.1, 0.15) is 6.17 Å². The van der Waals surface area contributed by atoms with E-state index in [0.717, 1.165) is 27.6 Å². The van der Waals surface area contributed by atoms with E-state index in [9.17, 15) is 4.79 Å². The second-order valence-corrected chi connectivity index (χ2v) is 10.7. The van der Waals surface area contributed by atoms with Gasteiger partial charge in [-0.25, -0.2) is 0 Å². The Morgan fingerprint density at radius 2 is 1.26 bits per heavy atom. The van der Waals surface area contributed by atoms with Crippen LogP contribution in [0.5, 0.6) is 0 Å². The summed E-state index contributed by atoms with van der Waals surface area (Å²) in [5.74, 6) is -0.934. The normalized spacial score (nSPS) is 12.2. The highest BCUT2D eigenvalue weighted by Gasteiger charge is 2.36. The van der Waals surface area contributed by atoms with Gasteiger partial charge < -0.3 is 16.0 Å². The van der Waals surface area contributed by atoms with Crippen molar-refractivity contribution in [1.29, 1.82) is 0 Å². The Kier molecular flexibility index (Phi) is 8.14. The van der Waals surface area contributed by atoms with E-state index < -0.39 is 15.9 Å². The standard InChI is InChI=1S/C27H22Cl3N3OS/c28-27(29,30)25(33-26(35)31-22-16-15-18-9-7-8-14-21(18)17-22)32-24(34)23(19-10-3-1-4-11-19)20-12-5-2-6-13-20/h1-17,23,25H,(H,32,34)(H2,31,33,35). The minimum absolute atomic E-state index is 0.202. The van der Waals surface area contributed by atoms with Crippen LogP contribution in [0.1, 0.15) is 17.0 Å². The average molecular weight is 543 g/mol. The molecule has 0 aromatic heterocycles. The summed E-state index contributed by atoms with van der Waals surface area (Å²) in [5.41, 5.74) is 2.40. The van der Waals surface area contributed by atoms with Gasteiger partial charge in [0, 0.05) is 5.69 Å². The molecule has 4 aromatic rings. The van der Waals surface area contributed by atoms with E-state index in [1.54, 1.807) is 0 Å². The maximum Gasteiger partial charge on any atom is 0.233 e. The number of amides is 1. The fourth-order valence-corrected chi connectivity index (χ4v) is 4.34. The van der Waals surface area contributed by atoms with Crippen LogP contribution in [0.3, 0.4) is 0 Å². The minimum Gasteiger partial charge on any atom is -0.339 e. The van der Waals surface area contributed by atoms with Crippen LogP contribution >= 0.6 is 47.0 Å². The summed E-state index contributed by atoms with van der Waals surface area (Å²) in [7, 11) is 0. The molecule has 4 aromatic carbocycles. The molecule has 4 rings (SSSR count). The molecule has 3 N–H and O–H groups in total. The number of carbonyl (C=O) groups excluding carboxylic acids is 1. The Bertz CT molecular complexity index is 1270. The lowest BCUT2D eigenvalue weighted by Crippen LogP contribution is -2.57. The number of fused-ring (bicyclic) bond motifs is 1. The maximum atomic E-state index is 13.5. The monoisotopic (exact) mass is 541 g/mol. The van der Waals surface area contributed by atoms with Crippen molar-refractivity contribution in [3.8, 4) is 0 Å². The summed E-state index contributed by atoms with van der Waals surface area (Å²) in [6.07, 6.45) is -1.09. The van der Waals surface area contributed by atoms with Gasteiger partial charge in [-0.05, 0) is 46.2 Å². The largest absolute Gasteiger partial charge is 0.339 e. The second kappa shape index (κ2) is 11.3. The van der Waals surface area contributed by atoms with E-state index in [-0.39, 0.29) is 11.0 Å². The predicted octanol–water partition coefficient (Wildman–Crippen LogP) is 6.77. The van der Waals surface area contributed by atoms with Gasteiger partial charge in [0.15, 0.2) is 5.11 Å². The predicted molar refractivity (Wildman–Crippen MR) is 150 cm³/mol. The molecule has 0 saturated heterocycles. The Labute approximate surface area is 224 Å². The Balaban J connectivity index is 1.52. The summed E-state index contributed by atoms with van der Waals surface area (Å²) >= 11 is 24.2. The van der Waals surface area contributed by atoms with Crippen LogP contribution < -0.4 is 16.0 Å². The first-order valence-corrected chi connectivity index (χ1v) is 12.4. The molecule has 0 aliphatic carbocycles. The number of thiocarbonyl (C=S) groups is 1. The van der Waals surface area contributed by atoms with Crippen molar-refractivity contribution < 1.29 is 4.79 Å². The van der Waals surface area contributed by atoms with Crippen LogP contribution in [0.4, 0.5) is 5.69 Å². The van der Waals surface area contributed by atoms with Crippen molar-refractivity contribution in [1.82, 2.24) is 10.6 Å². The molecule has 0 spiro atoms. The average Bonchev–Trinajstić information content (AvgIpc) is 2.84. The number of alkyl halides is 3. The zero-order chi connectivity index (χ0) is 24.8. The zero-order valence-electron chi connectivity index (χ0n) is 18.4. The van der Waals surface area contributed by atoms with Crippen molar-refractivity contribution in [2.75, 3.05) is 5.32 Å². The van der Waals surface area contributed by atoms with E-state index in [0.29, 0.717) is 0 Å². The van der Waals surface area contributed by atoms with E-state index >= 15 is 0 Å². The molecular formula is C27H22Cl3N3OS. The molecule has 0 fully saturated rings. The first kappa shape index (κ1) is 25.3. The van der Waals surface area contributed by atoms with Crippen molar-refractivity contribution >= 4 is 74.5 Å². The number of benzene rings is 4. The van der Waals surface area contributed by atoms with Gasteiger partial charge in [-0.3, -0.25) is 4.79 Å². The lowest BCUT2D eigenvalue weighted by molar-refractivity contribution is -0.122. The quantitative estimate of drug-likeness (QED) is 0.143. The zero-order valence-corrected chi connectivity index (χ0v) is 21.5. The van der Waals surface area contributed by atoms with E-state index in [4.69, 9.17) is 47.0 Å². The van der Waals surface area contributed by atoms with E-state index in [1.165, 1.54) is 0 Å². The van der Waals surface area contributed by atoms with Crippen LogP contribution in [0, 0.1) is 0 Å². The fourth-order valence-electron chi connectivity index (χ4n) is 3.78. The first-order chi connectivity index (χ1) is 16.8. The van der Waals surface area contributed by atoms with Crippen LogP contribution in [0.15, 0.2) is 103 Å². The molecule has 0 aliphatic rings. The molecule has 0 saturated carbocycles. The number of rotatable bonds is 6. The number of hydrogen-bond acceptors (Lipinski definition) is 2. The molecule has 1 unspecified atom stereocenters. The molecule has 1 atom stereocenters. The molecule has 8 heteroatoms. The van der Waals surface area contributed by atoms with Crippen LogP contribution in [0.25, 0.3) is 10.8 Å². The summed E-state index contributed by atoms with van der Waals surface area (Å²) in [4.78, 5) is 13.5. The fraction of sp³-hybridized carbons (Fsp3) is 0.111. The van der Waals surface area contributed by atoms with Gasteiger partial charge in [-0.2, -0.15) is 0 Å². The first-order valence-electron chi connectivity index (χ1n) is 10.8. The van der Waals surface area contributed by atoms with Crippen LogP contribution in [-0.2, 0) is 4.79 Å². The van der Waals surface area contributed by atoms with Crippen LogP contribution in [0.2, 0.25) is 0 Å². The molecule has 178 valence electrons. The Morgan fingerprint density at radius 3 is 1.83 bits per heavy atom. The highest BCUT2D eigenvalue weighted by atomic mass is 35.6. The summed E-state index contributed by atoms with van der Waals surface area (Å²) < 4.78 is -1.87. The molecular weight excluding hydrogens is 521 g/mol. The molecule has 0 bridgehead atoms. The number of carbonyl (C=O) groups is 1. The van der Waals surface area contributed by atoms with E-state index in [1.807, 2.05) is 103 Å². The third-order valence-electron chi connectivity index (χ3n) is 5.42. The van der Waals surface area contributed by atoms with Gasteiger partial charge in [0.2, 0.25) is 9.70 Å². The summed E-state index contributed by atoms with van der Waals surface area (Å²) in [6, 6.07) is 32.7. The molecule has 0 aliphatic heterocycles. The minimum atomic E-state index is -1.87. The Hall–Kier alpha value is -2.83. The number of hydrogen-bond donors (Lipinski definition) is 3. The third-order valence-corrected chi connectivity index (χ3v) is 6.30. The summed E-state index contributed by atoms with van der Waals surface area (Å²) in [5, 5.41) is 11.2. The van der Waals surface area contributed by atoms with Crippen molar-refractivity contribution in [2.45, 2.75) is 15.9 Å². The lowest BCUT2D eigenvalue weighted by Gasteiger charge is -2.29. The molecule has 4 nitrogen and oxygen atoms in total. The van der Waals surface area contributed by atoms with Gasteiger partial charge in [0.05, 0.1) is 5.92 Å².